The van der Waals surface area contributed by atoms with Crippen LogP contribution in [0.5, 0.6) is 0 Å². The van der Waals surface area contributed by atoms with Gasteiger partial charge < -0.3 is 5.32 Å². The number of aromatic amines is 1. The summed E-state index contributed by atoms with van der Waals surface area (Å²) in [7, 11) is -1.79. The van der Waals surface area contributed by atoms with Crippen molar-refractivity contribution in [2.75, 3.05) is 11.8 Å². The molecule has 0 atom stereocenters. The van der Waals surface area contributed by atoms with Gasteiger partial charge in [0, 0.05) is 17.2 Å². The highest BCUT2D eigenvalue weighted by molar-refractivity contribution is 9.10. The lowest BCUT2D eigenvalue weighted by Gasteiger charge is -2.09. The second kappa shape index (κ2) is 5.72. The van der Waals surface area contributed by atoms with Gasteiger partial charge in [0.25, 0.3) is 10.0 Å². The molecule has 0 unspecified atom stereocenters. The molecule has 0 saturated heterocycles. The van der Waals surface area contributed by atoms with E-state index >= 15 is 0 Å². The number of H-pyrrole nitrogens is 1. The SMILES string of the molecule is CNCc1ccc(S(=O)(=O)Nc2cn[nH]c2)c(Br)c1. The molecule has 0 aliphatic carbocycles. The lowest BCUT2D eigenvalue weighted by atomic mass is 10.2. The van der Waals surface area contributed by atoms with Crippen LogP contribution >= 0.6 is 15.9 Å². The van der Waals surface area contributed by atoms with Crippen molar-refractivity contribution < 1.29 is 8.42 Å². The second-order valence-corrected chi connectivity index (χ2v) is 6.39. The summed E-state index contributed by atoms with van der Waals surface area (Å²) in [5, 5.41) is 9.24. The lowest BCUT2D eigenvalue weighted by Crippen LogP contribution is -2.13. The van der Waals surface area contributed by atoms with E-state index in [-0.39, 0.29) is 4.90 Å². The number of anilines is 1. The number of sulfonamides is 1. The second-order valence-electron chi connectivity index (χ2n) is 3.89. The van der Waals surface area contributed by atoms with Gasteiger partial charge in [-0.05, 0) is 40.7 Å². The van der Waals surface area contributed by atoms with Crippen molar-refractivity contribution in [3.05, 3.63) is 40.6 Å². The summed E-state index contributed by atoms with van der Waals surface area (Å²) in [4.78, 5) is 0.188. The molecule has 1 aromatic heterocycles. The van der Waals surface area contributed by atoms with Crippen LogP contribution in [0.2, 0.25) is 0 Å². The van der Waals surface area contributed by atoms with Gasteiger partial charge in [0.2, 0.25) is 0 Å². The third kappa shape index (κ3) is 3.34. The number of benzene rings is 1. The molecule has 1 aromatic carbocycles. The molecule has 0 spiro atoms. The minimum Gasteiger partial charge on any atom is -0.316 e. The van der Waals surface area contributed by atoms with Crippen LogP contribution in [0.4, 0.5) is 5.69 Å². The first-order valence-electron chi connectivity index (χ1n) is 5.47. The van der Waals surface area contributed by atoms with Crippen LogP contribution in [-0.4, -0.2) is 25.7 Å². The Morgan fingerprint density at radius 1 is 1.42 bits per heavy atom. The van der Waals surface area contributed by atoms with E-state index < -0.39 is 10.0 Å². The van der Waals surface area contributed by atoms with Gasteiger partial charge in [-0.2, -0.15) is 5.10 Å². The number of rotatable bonds is 5. The summed E-state index contributed by atoms with van der Waals surface area (Å²) in [5.74, 6) is 0. The monoisotopic (exact) mass is 344 g/mol. The molecule has 0 fully saturated rings. The summed E-state index contributed by atoms with van der Waals surface area (Å²) < 4.78 is 27.3. The van der Waals surface area contributed by atoms with Crippen LogP contribution in [0.1, 0.15) is 5.56 Å². The van der Waals surface area contributed by atoms with Gasteiger partial charge in [0.15, 0.2) is 0 Å². The van der Waals surface area contributed by atoms with Crippen molar-refractivity contribution in [3.63, 3.8) is 0 Å². The number of hydrogen-bond donors (Lipinski definition) is 3. The van der Waals surface area contributed by atoms with Gasteiger partial charge in [0.1, 0.15) is 4.90 Å². The molecule has 0 amide bonds. The summed E-state index contributed by atoms with van der Waals surface area (Å²) in [6.07, 6.45) is 2.88. The minimum absolute atomic E-state index is 0.188. The van der Waals surface area contributed by atoms with Crippen molar-refractivity contribution in [1.82, 2.24) is 15.5 Å². The van der Waals surface area contributed by atoms with Gasteiger partial charge >= 0.3 is 0 Å². The van der Waals surface area contributed by atoms with Crippen LogP contribution in [-0.2, 0) is 16.6 Å². The molecular formula is C11H13BrN4O2S. The Bertz CT molecular complexity index is 655. The predicted octanol–water partition coefficient (Wildman–Crippen LogP) is 1.69. The Balaban J connectivity index is 2.30. The van der Waals surface area contributed by atoms with Crippen molar-refractivity contribution in [1.29, 1.82) is 0 Å². The maximum absolute atomic E-state index is 12.2. The minimum atomic E-state index is -3.62. The fraction of sp³-hybridized carbons (Fsp3) is 0.182. The van der Waals surface area contributed by atoms with Crippen LogP contribution in [0.3, 0.4) is 0 Å². The average molecular weight is 345 g/mol. The van der Waals surface area contributed by atoms with Crippen molar-refractivity contribution in [2.45, 2.75) is 11.4 Å². The van der Waals surface area contributed by atoms with Crippen LogP contribution in [0, 0.1) is 0 Å². The lowest BCUT2D eigenvalue weighted by molar-refractivity contribution is 0.600. The van der Waals surface area contributed by atoms with Crippen LogP contribution in [0.25, 0.3) is 0 Å². The molecular weight excluding hydrogens is 332 g/mol. The molecule has 102 valence electrons. The third-order valence-corrected chi connectivity index (χ3v) is 4.78. The molecule has 0 saturated carbocycles. The molecule has 3 N–H and O–H groups in total. The number of aromatic nitrogens is 2. The molecule has 8 heteroatoms. The van der Waals surface area contributed by atoms with E-state index in [1.54, 1.807) is 18.2 Å². The summed E-state index contributed by atoms with van der Waals surface area (Å²) in [6, 6.07) is 5.12. The smallest absolute Gasteiger partial charge is 0.263 e. The fourth-order valence-corrected chi connectivity index (χ4v) is 3.75. The zero-order valence-electron chi connectivity index (χ0n) is 10.1. The highest BCUT2D eigenvalue weighted by atomic mass is 79.9. The van der Waals surface area contributed by atoms with Gasteiger partial charge in [-0.3, -0.25) is 9.82 Å². The van der Waals surface area contributed by atoms with E-state index in [0.29, 0.717) is 16.7 Å². The van der Waals surface area contributed by atoms with E-state index in [9.17, 15) is 8.42 Å². The maximum Gasteiger partial charge on any atom is 0.263 e. The van der Waals surface area contributed by atoms with Crippen molar-refractivity contribution in [2.24, 2.45) is 0 Å². The van der Waals surface area contributed by atoms with E-state index in [1.165, 1.54) is 12.4 Å². The zero-order valence-corrected chi connectivity index (χ0v) is 12.5. The Labute approximate surface area is 119 Å². The molecule has 2 rings (SSSR count). The fourth-order valence-electron chi connectivity index (χ4n) is 1.59. The molecule has 19 heavy (non-hydrogen) atoms. The Morgan fingerprint density at radius 2 is 2.21 bits per heavy atom. The number of halogens is 1. The third-order valence-electron chi connectivity index (χ3n) is 2.42. The average Bonchev–Trinajstić information content (AvgIpc) is 2.81. The Morgan fingerprint density at radius 3 is 2.79 bits per heavy atom. The first kappa shape index (κ1) is 14.0. The van der Waals surface area contributed by atoms with E-state index in [0.717, 1.165) is 5.56 Å². The molecule has 2 aromatic rings. The quantitative estimate of drug-likeness (QED) is 0.770. The first-order valence-corrected chi connectivity index (χ1v) is 7.75. The largest absolute Gasteiger partial charge is 0.316 e. The summed E-state index contributed by atoms with van der Waals surface area (Å²) in [5.41, 5.74) is 1.39. The molecule has 1 heterocycles. The van der Waals surface area contributed by atoms with Gasteiger partial charge in [-0.15, -0.1) is 0 Å². The van der Waals surface area contributed by atoms with Crippen molar-refractivity contribution in [3.8, 4) is 0 Å². The zero-order chi connectivity index (χ0) is 13.9. The summed E-state index contributed by atoms with van der Waals surface area (Å²) >= 11 is 3.29. The highest BCUT2D eigenvalue weighted by Crippen LogP contribution is 2.25. The first-order chi connectivity index (χ1) is 9.03. The molecule has 0 bridgehead atoms. The molecule has 0 aliphatic heterocycles. The maximum atomic E-state index is 12.2. The van der Waals surface area contributed by atoms with Crippen LogP contribution < -0.4 is 10.0 Å². The van der Waals surface area contributed by atoms with E-state index in [4.69, 9.17) is 0 Å². The van der Waals surface area contributed by atoms with Crippen molar-refractivity contribution >= 4 is 31.6 Å². The Kier molecular flexibility index (Phi) is 4.23. The number of hydrogen-bond acceptors (Lipinski definition) is 4. The summed E-state index contributed by atoms with van der Waals surface area (Å²) in [6.45, 7) is 0.675. The van der Waals surface area contributed by atoms with Gasteiger partial charge in [0.05, 0.1) is 11.9 Å². The van der Waals surface area contributed by atoms with Gasteiger partial charge in [-0.1, -0.05) is 6.07 Å². The normalized spacial score (nSPS) is 11.5. The Hall–Kier alpha value is -1.38. The van der Waals surface area contributed by atoms with Gasteiger partial charge in [-0.25, -0.2) is 8.42 Å². The molecule has 0 aliphatic rings. The number of nitrogens with one attached hydrogen (secondary N) is 3. The topological polar surface area (TPSA) is 86.9 Å². The predicted molar refractivity (Wildman–Crippen MR) is 76.3 cm³/mol. The van der Waals surface area contributed by atoms with E-state index in [2.05, 4.69) is 36.2 Å². The van der Waals surface area contributed by atoms with E-state index in [1.807, 2.05) is 7.05 Å². The standard InChI is InChI=1S/C11H13BrN4O2S/c1-13-5-8-2-3-11(10(12)4-8)19(17,18)16-9-6-14-15-7-9/h2-4,6-7,13,16H,5H2,1H3,(H,14,15). The highest BCUT2D eigenvalue weighted by Gasteiger charge is 2.18. The molecule has 0 radical (unpaired) electrons. The molecule has 6 nitrogen and oxygen atoms in total. The number of nitrogens with zero attached hydrogens (tertiary/aromatic N) is 1. The van der Waals surface area contributed by atoms with Crippen LogP contribution in [0.15, 0.2) is 40.0 Å².